The fourth-order valence-electron chi connectivity index (χ4n) is 1.03. The topological polar surface area (TPSA) is 74.2 Å². The average Bonchev–Trinajstić information content (AvgIpc) is 2.17. The van der Waals surface area contributed by atoms with Crippen molar-refractivity contribution in [1.29, 1.82) is 5.26 Å². The molecule has 0 saturated heterocycles. The number of para-hydroxylation sites is 1. The maximum absolute atomic E-state index is 12.5. The van der Waals surface area contributed by atoms with E-state index in [2.05, 4.69) is 4.99 Å². The van der Waals surface area contributed by atoms with Crippen molar-refractivity contribution in [2.24, 2.45) is 10.7 Å². The molecule has 0 aliphatic rings. The van der Waals surface area contributed by atoms with Gasteiger partial charge in [-0.25, -0.2) is 4.99 Å². The average molecular weight is 228 g/mol. The van der Waals surface area contributed by atoms with E-state index in [1.54, 1.807) is 0 Å². The van der Waals surface area contributed by atoms with Crippen LogP contribution in [0.3, 0.4) is 0 Å². The van der Waals surface area contributed by atoms with E-state index in [1.165, 1.54) is 18.3 Å². The molecule has 0 saturated carbocycles. The summed E-state index contributed by atoms with van der Waals surface area (Å²) in [4.78, 5) is 3.46. The van der Waals surface area contributed by atoms with Gasteiger partial charge < -0.3 is 5.73 Å². The minimum absolute atomic E-state index is 0.338. The van der Waals surface area contributed by atoms with Gasteiger partial charge in [0, 0.05) is 0 Å². The maximum Gasteiger partial charge on any atom is 0.418 e. The number of nitrogens with one attached hydrogen (secondary N) is 1. The summed E-state index contributed by atoms with van der Waals surface area (Å²) < 4.78 is 37.5. The third kappa shape index (κ3) is 2.88. The number of alkyl halides is 3. The van der Waals surface area contributed by atoms with E-state index in [0.29, 0.717) is 0 Å². The number of nitriles is 1. The van der Waals surface area contributed by atoms with Gasteiger partial charge in [0.25, 0.3) is 0 Å². The lowest BCUT2D eigenvalue weighted by molar-refractivity contribution is -0.137. The van der Waals surface area contributed by atoms with Gasteiger partial charge in [-0.1, -0.05) is 12.1 Å². The lowest BCUT2D eigenvalue weighted by Gasteiger charge is -2.09. The van der Waals surface area contributed by atoms with Crippen molar-refractivity contribution >= 4 is 11.6 Å². The van der Waals surface area contributed by atoms with Crippen molar-refractivity contribution in [3.63, 3.8) is 0 Å². The number of nitrogens with zero attached hydrogens (tertiary/aromatic N) is 2. The molecule has 7 heteroatoms. The summed E-state index contributed by atoms with van der Waals surface area (Å²) in [6.07, 6.45) is -3.05. The van der Waals surface area contributed by atoms with Crippen LogP contribution in [0.4, 0.5) is 18.9 Å². The molecule has 1 aromatic rings. The molecule has 84 valence electrons. The van der Waals surface area contributed by atoms with Crippen molar-refractivity contribution in [1.82, 2.24) is 5.32 Å². The molecular weight excluding hydrogens is 221 g/mol. The Morgan fingerprint density at radius 1 is 1.38 bits per heavy atom. The van der Waals surface area contributed by atoms with Crippen LogP contribution in [0, 0.1) is 11.5 Å². The Balaban J connectivity index is 3.16. The Bertz CT molecular complexity index is 445. The van der Waals surface area contributed by atoms with Crippen molar-refractivity contribution < 1.29 is 13.2 Å². The van der Waals surface area contributed by atoms with E-state index >= 15 is 0 Å². The van der Waals surface area contributed by atoms with Crippen LogP contribution < -0.4 is 11.1 Å². The normalized spacial score (nSPS) is 12.0. The minimum atomic E-state index is -4.51. The van der Waals surface area contributed by atoms with Gasteiger partial charge in [0.05, 0.1) is 11.3 Å². The van der Waals surface area contributed by atoms with Crippen LogP contribution in [0.15, 0.2) is 29.3 Å². The zero-order chi connectivity index (χ0) is 12.2. The van der Waals surface area contributed by atoms with E-state index in [0.717, 1.165) is 12.1 Å². The molecule has 1 rings (SSSR count). The lowest BCUT2D eigenvalue weighted by Crippen LogP contribution is -2.26. The first-order valence-electron chi connectivity index (χ1n) is 4.10. The van der Waals surface area contributed by atoms with Crippen molar-refractivity contribution in [2.45, 2.75) is 6.18 Å². The molecule has 1 aromatic carbocycles. The molecule has 3 N–H and O–H groups in total. The smallest absolute Gasteiger partial charge is 0.369 e. The highest BCUT2D eigenvalue weighted by atomic mass is 19.4. The standard InChI is InChI=1S/C9H7F3N4/c10-9(11,12)6-3-1-2-4-7(6)16-8(14)15-5-13/h1-4H,(H3,14,15,16). The third-order valence-electron chi connectivity index (χ3n) is 1.63. The molecule has 0 heterocycles. The van der Waals surface area contributed by atoms with Gasteiger partial charge in [-0.2, -0.15) is 18.4 Å². The zero-order valence-corrected chi connectivity index (χ0v) is 7.92. The second-order valence-corrected chi connectivity index (χ2v) is 2.75. The molecule has 0 radical (unpaired) electrons. The Labute approximate surface area is 89.2 Å². The van der Waals surface area contributed by atoms with E-state index in [4.69, 9.17) is 11.0 Å². The molecule has 0 spiro atoms. The summed E-state index contributed by atoms with van der Waals surface area (Å²) in [7, 11) is 0. The number of halogens is 3. The first-order chi connectivity index (χ1) is 7.45. The molecule has 0 aromatic heterocycles. The number of nitrogens with two attached hydrogens (primary N) is 1. The number of hydrogen-bond acceptors (Lipinski definition) is 2. The monoisotopic (exact) mass is 228 g/mol. The Kier molecular flexibility index (Phi) is 3.35. The third-order valence-corrected chi connectivity index (χ3v) is 1.63. The van der Waals surface area contributed by atoms with E-state index < -0.39 is 11.7 Å². The summed E-state index contributed by atoms with van der Waals surface area (Å²) in [6.45, 7) is 0. The predicted octanol–water partition coefficient (Wildman–Crippen LogP) is 1.72. The molecule has 0 aliphatic carbocycles. The first kappa shape index (κ1) is 11.8. The first-order valence-corrected chi connectivity index (χ1v) is 4.10. The molecule has 0 bridgehead atoms. The summed E-state index contributed by atoms with van der Waals surface area (Å²) in [5, 5.41) is 10.1. The molecule has 0 unspecified atom stereocenters. The second-order valence-electron chi connectivity index (χ2n) is 2.75. The highest BCUT2D eigenvalue weighted by molar-refractivity contribution is 5.82. The lowest BCUT2D eigenvalue weighted by atomic mass is 10.2. The molecule has 0 fully saturated rings. The number of guanidine groups is 1. The highest BCUT2D eigenvalue weighted by Gasteiger charge is 2.33. The predicted molar refractivity (Wildman–Crippen MR) is 51.5 cm³/mol. The van der Waals surface area contributed by atoms with Gasteiger partial charge in [-0.15, -0.1) is 0 Å². The summed E-state index contributed by atoms with van der Waals surface area (Å²) >= 11 is 0. The van der Waals surface area contributed by atoms with Crippen LogP contribution in [0.5, 0.6) is 0 Å². The summed E-state index contributed by atoms with van der Waals surface area (Å²) in [5.41, 5.74) is 3.93. The van der Waals surface area contributed by atoms with Gasteiger partial charge in [0.15, 0.2) is 6.19 Å². The quantitative estimate of drug-likeness (QED) is 0.332. The minimum Gasteiger partial charge on any atom is -0.369 e. The number of rotatable bonds is 1. The fraction of sp³-hybridized carbons (Fsp3) is 0.111. The molecular formula is C9H7F3N4. The van der Waals surface area contributed by atoms with Crippen LogP contribution >= 0.6 is 0 Å². The number of hydrogen-bond donors (Lipinski definition) is 2. The zero-order valence-electron chi connectivity index (χ0n) is 7.92. The van der Waals surface area contributed by atoms with E-state index in [9.17, 15) is 13.2 Å². The Morgan fingerprint density at radius 3 is 2.56 bits per heavy atom. The van der Waals surface area contributed by atoms with Gasteiger partial charge in [-0.3, -0.25) is 5.32 Å². The fourth-order valence-corrected chi connectivity index (χ4v) is 1.03. The SMILES string of the molecule is N#CNC(N)=Nc1ccccc1C(F)(F)F. The Morgan fingerprint density at radius 2 is 2.00 bits per heavy atom. The van der Waals surface area contributed by atoms with Crippen molar-refractivity contribution in [2.75, 3.05) is 0 Å². The summed E-state index contributed by atoms with van der Waals surface area (Å²) in [6, 6.07) is 4.69. The number of aliphatic imine (C=N–C) groups is 1. The van der Waals surface area contributed by atoms with E-state index in [-0.39, 0.29) is 11.6 Å². The molecule has 4 nitrogen and oxygen atoms in total. The Hall–Kier alpha value is -2.23. The summed E-state index contributed by atoms with van der Waals surface area (Å²) in [5.74, 6) is -0.390. The maximum atomic E-state index is 12.5. The van der Waals surface area contributed by atoms with Crippen molar-refractivity contribution in [3.05, 3.63) is 29.8 Å². The van der Waals surface area contributed by atoms with Crippen LogP contribution in [-0.4, -0.2) is 5.96 Å². The molecule has 16 heavy (non-hydrogen) atoms. The number of benzene rings is 1. The van der Waals surface area contributed by atoms with Crippen LogP contribution in [0.2, 0.25) is 0 Å². The van der Waals surface area contributed by atoms with Gasteiger partial charge in [0.2, 0.25) is 5.96 Å². The molecule has 0 amide bonds. The van der Waals surface area contributed by atoms with Gasteiger partial charge >= 0.3 is 6.18 Å². The van der Waals surface area contributed by atoms with Crippen LogP contribution in [0.25, 0.3) is 0 Å². The van der Waals surface area contributed by atoms with Crippen LogP contribution in [0.1, 0.15) is 5.56 Å². The van der Waals surface area contributed by atoms with Gasteiger partial charge in [-0.05, 0) is 12.1 Å². The van der Waals surface area contributed by atoms with Crippen molar-refractivity contribution in [3.8, 4) is 6.19 Å². The largest absolute Gasteiger partial charge is 0.418 e. The van der Waals surface area contributed by atoms with Gasteiger partial charge in [0.1, 0.15) is 0 Å². The van der Waals surface area contributed by atoms with E-state index in [1.807, 2.05) is 5.32 Å². The molecule has 0 aliphatic heterocycles. The van der Waals surface area contributed by atoms with Crippen LogP contribution in [-0.2, 0) is 6.18 Å². The molecule has 0 atom stereocenters. The highest BCUT2D eigenvalue weighted by Crippen LogP contribution is 2.35. The second kappa shape index (κ2) is 4.53.